The van der Waals surface area contributed by atoms with E-state index in [1.54, 1.807) is 11.3 Å². The van der Waals surface area contributed by atoms with Crippen LogP contribution in [0.4, 0.5) is 5.82 Å². The van der Waals surface area contributed by atoms with Crippen molar-refractivity contribution in [2.24, 2.45) is 0 Å². The van der Waals surface area contributed by atoms with Crippen LogP contribution in [0.2, 0.25) is 5.28 Å². The lowest BCUT2D eigenvalue weighted by Crippen LogP contribution is -1.95. The molecule has 0 atom stereocenters. The zero-order valence-corrected chi connectivity index (χ0v) is 10.4. The number of nitrogens with one attached hydrogen (secondary N) is 1. The summed E-state index contributed by atoms with van der Waals surface area (Å²) >= 11 is 7.53. The SMILES string of the molecule is CNc1nc(Cl)nc2c(C(C)C)csc12. The molecular weight excluding hydrogens is 230 g/mol. The van der Waals surface area contributed by atoms with Gasteiger partial charge in [-0.3, -0.25) is 0 Å². The molecule has 15 heavy (non-hydrogen) atoms. The summed E-state index contributed by atoms with van der Waals surface area (Å²) in [5, 5.41) is 5.46. The number of nitrogens with zero attached hydrogens (tertiary/aromatic N) is 2. The van der Waals surface area contributed by atoms with Crippen LogP contribution in [0, 0.1) is 0 Å². The van der Waals surface area contributed by atoms with Crippen molar-refractivity contribution in [1.29, 1.82) is 0 Å². The Kier molecular flexibility index (Phi) is 2.80. The highest BCUT2D eigenvalue weighted by molar-refractivity contribution is 7.18. The molecule has 1 N–H and O–H groups in total. The number of fused-ring (bicyclic) bond motifs is 1. The van der Waals surface area contributed by atoms with Crippen molar-refractivity contribution in [2.75, 3.05) is 12.4 Å². The van der Waals surface area contributed by atoms with Gasteiger partial charge in [0.15, 0.2) is 0 Å². The molecule has 2 rings (SSSR count). The number of halogens is 1. The highest BCUT2D eigenvalue weighted by Crippen LogP contribution is 2.34. The van der Waals surface area contributed by atoms with E-state index in [9.17, 15) is 0 Å². The van der Waals surface area contributed by atoms with Crippen molar-refractivity contribution in [3.8, 4) is 0 Å². The Balaban J connectivity index is 2.75. The Labute approximate surface area is 97.5 Å². The molecule has 0 aliphatic carbocycles. The van der Waals surface area contributed by atoms with Gasteiger partial charge in [-0.05, 0) is 28.5 Å². The van der Waals surface area contributed by atoms with E-state index in [1.165, 1.54) is 5.56 Å². The number of hydrogen-bond acceptors (Lipinski definition) is 4. The van der Waals surface area contributed by atoms with Crippen molar-refractivity contribution in [3.63, 3.8) is 0 Å². The molecule has 3 nitrogen and oxygen atoms in total. The van der Waals surface area contributed by atoms with Crippen molar-refractivity contribution < 1.29 is 0 Å². The largest absolute Gasteiger partial charge is 0.372 e. The molecule has 0 fully saturated rings. The first-order valence-corrected chi connectivity index (χ1v) is 6.01. The van der Waals surface area contributed by atoms with Crippen molar-refractivity contribution in [1.82, 2.24) is 9.97 Å². The fourth-order valence-corrected chi connectivity index (χ4v) is 2.82. The zero-order chi connectivity index (χ0) is 11.0. The second-order valence-electron chi connectivity index (χ2n) is 3.61. The fourth-order valence-electron chi connectivity index (χ4n) is 1.49. The van der Waals surface area contributed by atoms with Crippen LogP contribution < -0.4 is 5.32 Å². The topological polar surface area (TPSA) is 37.8 Å². The number of thiophene rings is 1. The second-order valence-corrected chi connectivity index (χ2v) is 4.83. The average Bonchev–Trinajstić information content (AvgIpc) is 2.59. The maximum absolute atomic E-state index is 5.88. The quantitative estimate of drug-likeness (QED) is 0.818. The summed E-state index contributed by atoms with van der Waals surface area (Å²) in [5.74, 6) is 1.26. The zero-order valence-electron chi connectivity index (χ0n) is 8.84. The van der Waals surface area contributed by atoms with Gasteiger partial charge >= 0.3 is 0 Å². The van der Waals surface area contributed by atoms with E-state index in [2.05, 4.69) is 34.5 Å². The average molecular weight is 242 g/mol. The lowest BCUT2D eigenvalue weighted by Gasteiger charge is -2.04. The summed E-state index contributed by atoms with van der Waals surface area (Å²) < 4.78 is 1.07. The first kappa shape index (κ1) is 10.6. The standard InChI is InChI=1S/C10H12ClN3S/c1-5(2)6-4-15-8-7(6)13-10(11)14-9(8)12-3/h4-5H,1-3H3,(H,12,13,14). The molecule has 2 heterocycles. The van der Waals surface area contributed by atoms with Gasteiger partial charge in [0.2, 0.25) is 5.28 Å². The number of rotatable bonds is 2. The highest BCUT2D eigenvalue weighted by atomic mass is 35.5. The van der Waals surface area contributed by atoms with Crippen LogP contribution in [0.5, 0.6) is 0 Å². The van der Waals surface area contributed by atoms with E-state index in [0.29, 0.717) is 11.2 Å². The Bertz CT molecular complexity index is 493. The highest BCUT2D eigenvalue weighted by Gasteiger charge is 2.13. The van der Waals surface area contributed by atoms with E-state index in [1.807, 2.05) is 7.05 Å². The van der Waals surface area contributed by atoms with Gasteiger partial charge in [-0.2, -0.15) is 4.98 Å². The van der Waals surface area contributed by atoms with E-state index in [4.69, 9.17) is 11.6 Å². The van der Waals surface area contributed by atoms with E-state index in [0.717, 1.165) is 16.0 Å². The molecule has 0 aliphatic heterocycles. The van der Waals surface area contributed by atoms with Crippen molar-refractivity contribution >= 4 is 39.0 Å². The van der Waals surface area contributed by atoms with Gasteiger partial charge in [0.1, 0.15) is 5.82 Å². The minimum atomic E-state index is 0.298. The lowest BCUT2D eigenvalue weighted by molar-refractivity contribution is 0.876. The molecular formula is C10H12ClN3S. The molecule has 0 saturated carbocycles. The van der Waals surface area contributed by atoms with Crippen LogP contribution >= 0.6 is 22.9 Å². The van der Waals surface area contributed by atoms with E-state index in [-0.39, 0.29) is 0 Å². The molecule has 0 aromatic carbocycles. The normalized spacial score (nSPS) is 11.3. The minimum Gasteiger partial charge on any atom is -0.372 e. The molecule has 0 spiro atoms. The molecule has 0 unspecified atom stereocenters. The van der Waals surface area contributed by atoms with Gasteiger partial charge in [-0.1, -0.05) is 13.8 Å². The first-order chi connectivity index (χ1) is 7.13. The Hall–Kier alpha value is -0.870. The Morgan fingerprint density at radius 1 is 1.40 bits per heavy atom. The summed E-state index contributed by atoms with van der Waals surface area (Å²) in [5.41, 5.74) is 2.20. The van der Waals surface area contributed by atoms with Crippen LogP contribution in [-0.4, -0.2) is 17.0 Å². The molecule has 80 valence electrons. The predicted molar refractivity (Wildman–Crippen MR) is 66.1 cm³/mol. The minimum absolute atomic E-state index is 0.298. The maximum Gasteiger partial charge on any atom is 0.224 e. The number of anilines is 1. The van der Waals surface area contributed by atoms with Gasteiger partial charge in [0, 0.05) is 7.05 Å². The van der Waals surface area contributed by atoms with Crippen LogP contribution in [0.3, 0.4) is 0 Å². The maximum atomic E-state index is 5.88. The third-order valence-electron chi connectivity index (χ3n) is 2.27. The summed E-state index contributed by atoms with van der Waals surface area (Å²) in [7, 11) is 1.84. The summed E-state index contributed by atoms with van der Waals surface area (Å²) in [6, 6.07) is 0. The monoisotopic (exact) mass is 241 g/mol. The summed E-state index contributed by atoms with van der Waals surface area (Å²) in [4.78, 5) is 8.44. The lowest BCUT2D eigenvalue weighted by atomic mass is 10.1. The molecule has 2 aromatic heterocycles. The number of hydrogen-bond donors (Lipinski definition) is 1. The van der Waals surface area contributed by atoms with Gasteiger partial charge in [0.05, 0.1) is 10.2 Å². The molecule has 5 heteroatoms. The first-order valence-electron chi connectivity index (χ1n) is 4.76. The van der Waals surface area contributed by atoms with Gasteiger partial charge in [-0.15, -0.1) is 11.3 Å². The van der Waals surface area contributed by atoms with Crippen LogP contribution in [-0.2, 0) is 0 Å². The molecule has 0 bridgehead atoms. The summed E-state index contributed by atoms with van der Waals surface area (Å²) in [6.45, 7) is 4.30. The van der Waals surface area contributed by atoms with Crippen LogP contribution in [0.15, 0.2) is 5.38 Å². The van der Waals surface area contributed by atoms with Crippen LogP contribution in [0.1, 0.15) is 25.3 Å². The van der Waals surface area contributed by atoms with Gasteiger partial charge in [-0.25, -0.2) is 4.98 Å². The Morgan fingerprint density at radius 3 is 2.73 bits per heavy atom. The Morgan fingerprint density at radius 2 is 2.13 bits per heavy atom. The predicted octanol–water partition coefficient (Wildman–Crippen LogP) is 3.51. The third kappa shape index (κ3) is 1.79. The van der Waals surface area contributed by atoms with Crippen molar-refractivity contribution in [3.05, 3.63) is 16.2 Å². The smallest absolute Gasteiger partial charge is 0.224 e. The number of aromatic nitrogens is 2. The van der Waals surface area contributed by atoms with Crippen LogP contribution in [0.25, 0.3) is 10.2 Å². The molecule has 0 saturated heterocycles. The fraction of sp³-hybridized carbons (Fsp3) is 0.400. The van der Waals surface area contributed by atoms with Crippen molar-refractivity contribution in [2.45, 2.75) is 19.8 Å². The second kappa shape index (κ2) is 3.94. The molecule has 0 amide bonds. The third-order valence-corrected chi connectivity index (χ3v) is 3.44. The van der Waals surface area contributed by atoms with E-state index >= 15 is 0 Å². The molecule has 0 radical (unpaired) electrons. The van der Waals surface area contributed by atoms with Gasteiger partial charge in [0.25, 0.3) is 0 Å². The van der Waals surface area contributed by atoms with Gasteiger partial charge < -0.3 is 5.32 Å². The van der Waals surface area contributed by atoms with E-state index < -0.39 is 0 Å². The summed E-state index contributed by atoms with van der Waals surface area (Å²) in [6.07, 6.45) is 0. The molecule has 0 aliphatic rings. The molecule has 2 aromatic rings.